The van der Waals surface area contributed by atoms with Gasteiger partial charge >= 0.3 is 0 Å². The van der Waals surface area contributed by atoms with Gasteiger partial charge < -0.3 is 14.6 Å². The van der Waals surface area contributed by atoms with Gasteiger partial charge in [0.1, 0.15) is 0 Å². The summed E-state index contributed by atoms with van der Waals surface area (Å²) in [4.78, 5) is 13.6. The molecule has 0 saturated heterocycles. The van der Waals surface area contributed by atoms with Crippen LogP contribution in [-0.4, -0.2) is 37.0 Å². The van der Waals surface area contributed by atoms with E-state index in [1.807, 2.05) is 7.05 Å². The van der Waals surface area contributed by atoms with E-state index >= 15 is 0 Å². The Bertz CT molecular complexity index is 294. The van der Waals surface area contributed by atoms with Crippen molar-refractivity contribution in [1.29, 1.82) is 0 Å². The molecule has 0 aliphatic rings. The number of hydrogen-bond donors (Lipinski definition) is 1. The van der Waals surface area contributed by atoms with E-state index in [0.717, 1.165) is 6.54 Å². The maximum atomic E-state index is 11.4. The summed E-state index contributed by atoms with van der Waals surface area (Å²) in [5, 5.41) is 2.80. The summed E-state index contributed by atoms with van der Waals surface area (Å²) in [6, 6.07) is 3.85. The number of likely N-dealkylation sites (N-methyl/N-ethyl adjacent to an activating group) is 1. The van der Waals surface area contributed by atoms with E-state index in [0.29, 0.717) is 18.3 Å². The third kappa shape index (κ3) is 3.75. The second kappa shape index (κ2) is 5.56. The Balaban J connectivity index is 2.24. The molecule has 0 saturated carbocycles. The minimum atomic E-state index is -0.155. The molecule has 0 radical (unpaired) electrons. The number of carbonyl (C=O) groups is 1. The molecule has 4 nitrogen and oxygen atoms in total. The van der Waals surface area contributed by atoms with Crippen LogP contribution in [0.25, 0.3) is 0 Å². The number of rotatable bonds is 5. The van der Waals surface area contributed by atoms with E-state index < -0.39 is 0 Å². The van der Waals surface area contributed by atoms with Crippen LogP contribution in [0.1, 0.15) is 24.4 Å². The first-order chi connectivity index (χ1) is 7.11. The van der Waals surface area contributed by atoms with Crippen LogP contribution in [0.5, 0.6) is 0 Å². The first-order valence-corrected chi connectivity index (χ1v) is 5.13. The van der Waals surface area contributed by atoms with Gasteiger partial charge in [-0.15, -0.1) is 0 Å². The Kier molecular flexibility index (Phi) is 4.37. The molecule has 0 aliphatic carbocycles. The second-order valence-corrected chi connectivity index (χ2v) is 3.81. The molecule has 1 heterocycles. The lowest BCUT2D eigenvalue weighted by Crippen LogP contribution is -2.36. The Hall–Kier alpha value is -1.29. The van der Waals surface area contributed by atoms with Crippen LogP contribution in [0.4, 0.5) is 0 Å². The molecule has 0 spiro atoms. The molecule has 1 rings (SSSR count). The molecule has 0 fully saturated rings. The topological polar surface area (TPSA) is 45.5 Å². The molecule has 1 aromatic heterocycles. The van der Waals surface area contributed by atoms with E-state index in [1.54, 1.807) is 12.1 Å². The van der Waals surface area contributed by atoms with Gasteiger partial charge in [0.15, 0.2) is 5.76 Å². The summed E-state index contributed by atoms with van der Waals surface area (Å²) in [6.07, 6.45) is 1.50. The fourth-order valence-corrected chi connectivity index (χ4v) is 1.10. The van der Waals surface area contributed by atoms with Crippen LogP contribution in [0.15, 0.2) is 22.8 Å². The summed E-state index contributed by atoms with van der Waals surface area (Å²) >= 11 is 0. The summed E-state index contributed by atoms with van der Waals surface area (Å²) < 4.78 is 4.97. The zero-order valence-corrected chi connectivity index (χ0v) is 9.49. The minimum Gasteiger partial charge on any atom is -0.459 e. The molecule has 1 N–H and O–H groups in total. The molecule has 0 atom stereocenters. The third-order valence-electron chi connectivity index (χ3n) is 2.38. The molecule has 1 aromatic rings. The lowest BCUT2D eigenvalue weighted by atomic mass is 10.3. The molecular weight excluding hydrogens is 192 g/mol. The second-order valence-electron chi connectivity index (χ2n) is 3.81. The predicted molar refractivity (Wildman–Crippen MR) is 58.8 cm³/mol. The molecule has 0 aliphatic heterocycles. The predicted octanol–water partition coefficient (Wildman–Crippen LogP) is 1.35. The smallest absolute Gasteiger partial charge is 0.287 e. The average Bonchev–Trinajstić information content (AvgIpc) is 2.70. The van der Waals surface area contributed by atoms with Crippen LogP contribution < -0.4 is 5.32 Å². The standard InChI is InChI=1S/C11H18N2O2/c1-9(2)13(3)7-6-12-11(14)10-5-4-8-15-10/h4-5,8-9H,6-7H2,1-3H3,(H,12,14). The maximum Gasteiger partial charge on any atom is 0.287 e. The Morgan fingerprint density at radius 1 is 1.60 bits per heavy atom. The molecule has 0 aromatic carbocycles. The number of amides is 1. The SMILES string of the molecule is CC(C)N(C)CCNC(=O)c1ccco1. The van der Waals surface area contributed by atoms with Gasteiger partial charge in [0.2, 0.25) is 0 Å². The van der Waals surface area contributed by atoms with Crippen LogP contribution in [-0.2, 0) is 0 Å². The van der Waals surface area contributed by atoms with E-state index in [-0.39, 0.29) is 5.91 Å². The first-order valence-electron chi connectivity index (χ1n) is 5.13. The van der Waals surface area contributed by atoms with Gasteiger partial charge in [-0.1, -0.05) is 0 Å². The fourth-order valence-electron chi connectivity index (χ4n) is 1.10. The largest absolute Gasteiger partial charge is 0.459 e. The number of hydrogen-bond acceptors (Lipinski definition) is 3. The van der Waals surface area contributed by atoms with Gasteiger partial charge in [-0.2, -0.15) is 0 Å². The Labute approximate surface area is 90.3 Å². The maximum absolute atomic E-state index is 11.4. The highest BCUT2D eigenvalue weighted by atomic mass is 16.3. The summed E-state index contributed by atoms with van der Waals surface area (Å²) in [5.74, 6) is 0.208. The number of carbonyl (C=O) groups excluding carboxylic acids is 1. The summed E-state index contributed by atoms with van der Waals surface area (Å²) in [7, 11) is 2.03. The molecule has 1 amide bonds. The van der Waals surface area contributed by atoms with Gasteiger partial charge in [-0.05, 0) is 33.0 Å². The normalized spacial score (nSPS) is 11.0. The monoisotopic (exact) mass is 210 g/mol. The molecule has 0 unspecified atom stereocenters. The molecule has 15 heavy (non-hydrogen) atoms. The van der Waals surface area contributed by atoms with E-state index in [9.17, 15) is 4.79 Å². The van der Waals surface area contributed by atoms with Crippen molar-refractivity contribution in [2.45, 2.75) is 19.9 Å². The van der Waals surface area contributed by atoms with Gasteiger partial charge in [-0.25, -0.2) is 0 Å². The zero-order valence-electron chi connectivity index (χ0n) is 9.49. The molecule has 0 bridgehead atoms. The van der Waals surface area contributed by atoms with Crippen molar-refractivity contribution in [2.24, 2.45) is 0 Å². The van der Waals surface area contributed by atoms with E-state index in [1.165, 1.54) is 6.26 Å². The van der Waals surface area contributed by atoms with Gasteiger partial charge in [0.05, 0.1) is 6.26 Å². The van der Waals surface area contributed by atoms with E-state index in [4.69, 9.17) is 4.42 Å². The lowest BCUT2D eigenvalue weighted by Gasteiger charge is -2.20. The molecule has 84 valence electrons. The lowest BCUT2D eigenvalue weighted by molar-refractivity contribution is 0.0920. The number of nitrogens with zero attached hydrogens (tertiary/aromatic N) is 1. The van der Waals surface area contributed by atoms with Crippen LogP contribution in [0.3, 0.4) is 0 Å². The first kappa shape index (κ1) is 11.8. The minimum absolute atomic E-state index is 0.155. The molecule has 4 heteroatoms. The summed E-state index contributed by atoms with van der Waals surface area (Å²) in [5.41, 5.74) is 0. The van der Waals surface area contributed by atoms with Crippen molar-refractivity contribution < 1.29 is 9.21 Å². The van der Waals surface area contributed by atoms with E-state index in [2.05, 4.69) is 24.1 Å². The average molecular weight is 210 g/mol. The number of nitrogens with one attached hydrogen (secondary N) is 1. The van der Waals surface area contributed by atoms with Crippen LogP contribution in [0.2, 0.25) is 0 Å². The van der Waals surface area contributed by atoms with Gasteiger partial charge in [-0.3, -0.25) is 4.79 Å². The van der Waals surface area contributed by atoms with Crippen LogP contribution in [0, 0.1) is 0 Å². The highest BCUT2D eigenvalue weighted by molar-refractivity contribution is 5.91. The van der Waals surface area contributed by atoms with Crippen molar-refractivity contribution in [3.05, 3.63) is 24.2 Å². The van der Waals surface area contributed by atoms with Crippen molar-refractivity contribution in [3.63, 3.8) is 0 Å². The van der Waals surface area contributed by atoms with Crippen molar-refractivity contribution >= 4 is 5.91 Å². The quantitative estimate of drug-likeness (QED) is 0.798. The molecular formula is C11H18N2O2. The van der Waals surface area contributed by atoms with Crippen LogP contribution >= 0.6 is 0 Å². The fraction of sp³-hybridized carbons (Fsp3) is 0.545. The zero-order chi connectivity index (χ0) is 11.3. The van der Waals surface area contributed by atoms with Crippen molar-refractivity contribution in [3.8, 4) is 0 Å². The Morgan fingerprint density at radius 2 is 2.33 bits per heavy atom. The highest BCUT2D eigenvalue weighted by Crippen LogP contribution is 1.98. The van der Waals surface area contributed by atoms with Gasteiger partial charge in [0.25, 0.3) is 5.91 Å². The van der Waals surface area contributed by atoms with Gasteiger partial charge in [0, 0.05) is 19.1 Å². The Morgan fingerprint density at radius 3 is 2.87 bits per heavy atom. The summed E-state index contributed by atoms with van der Waals surface area (Å²) in [6.45, 7) is 5.71. The van der Waals surface area contributed by atoms with Crippen molar-refractivity contribution in [2.75, 3.05) is 20.1 Å². The highest BCUT2D eigenvalue weighted by Gasteiger charge is 2.08. The third-order valence-corrected chi connectivity index (χ3v) is 2.38. The van der Waals surface area contributed by atoms with Crippen molar-refractivity contribution in [1.82, 2.24) is 10.2 Å². The number of furan rings is 1.